The average molecular weight is 199 g/mol. The molecule has 1 aromatic carbocycles. The van der Waals surface area contributed by atoms with Crippen LogP contribution >= 0.6 is 0 Å². The summed E-state index contributed by atoms with van der Waals surface area (Å²) >= 11 is 0. The zero-order chi connectivity index (χ0) is 10.5. The highest BCUT2D eigenvalue weighted by atomic mass is 16.1. The minimum absolute atomic E-state index is 0.654. The van der Waals surface area contributed by atoms with Crippen LogP contribution < -0.4 is 0 Å². The molecule has 0 atom stereocenters. The molecule has 1 heterocycles. The molecule has 74 valence electrons. The summed E-state index contributed by atoms with van der Waals surface area (Å²) in [5.74, 6) is 0. The van der Waals surface area contributed by atoms with E-state index in [0.717, 1.165) is 5.56 Å². The molecule has 0 bridgehead atoms. The van der Waals surface area contributed by atoms with E-state index in [2.05, 4.69) is 9.98 Å². The van der Waals surface area contributed by atoms with E-state index < -0.39 is 0 Å². The van der Waals surface area contributed by atoms with Crippen molar-refractivity contribution in [3.63, 3.8) is 0 Å². The highest BCUT2D eigenvalue weighted by Crippen LogP contribution is 2.18. The van der Waals surface area contributed by atoms with Crippen LogP contribution in [0.15, 0.2) is 48.0 Å². The number of aliphatic imine (C=N–C) groups is 1. The van der Waals surface area contributed by atoms with Crippen molar-refractivity contribution in [2.75, 3.05) is 0 Å². The number of hydrogen-bond acceptors (Lipinski definition) is 3. The fourth-order valence-corrected chi connectivity index (χ4v) is 1.38. The van der Waals surface area contributed by atoms with Crippen LogP contribution in [0.3, 0.4) is 0 Å². The lowest BCUT2D eigenvalue weighted by molar-refractivity contribution is 0.565. The van der Waals surface area contributed by atoms with Gasteiger partial charge in [-0.15, -0.1) is 0 Å². The molecule has 2 rings (SSSR count). The highest BCUT2D eigenvalue weighted by Gasteiger charge is 2.00. The van der Waals surface area contributed by atoms with Crippen molar-refractivity contribution >= 4 is 11.8 Å². The van der Waals surface area contributed by atoms with Crippen LogP contribution in [-0.4, -0.2) is 15.6 Å². The van der Waals surface area contributed by atoms with Gasteiger partial charge in [-0.1, -0.05) is 18.2 Å². The zero-order valence-corrected chi connectivity index (χ0v) is 8.00. The molecule has 1 aromatic heterocycles. The van der Waals surface area contributed by atoms with Crippen LogP contribution in [0.2, 0.25) is 0 Å². The Balaban J connectivity index is 2.31. The standard InChI is InChI=1S/C11H9N3O/c15-9-13-11-4-2-1-3-10(11)7-14-6-5-12-8-14/h1-6,8H,7H2. The van der Waals surface area contributed by atoms with Gasteiger partial charge in [0.05, 0.1) is 18.6 Å². The summed E-state index contributed by atoms with van der Waals surface area (Å²) in [4.78, 5) is 17.8. The topological polar surface area (TPSA) is 47.2 Å². The molecule has 2 aromatic rings. The van der Waals surface area contributed by atoms with Gasteiger partial charge in [-0.25, -0.2) is 9.78 Å². The second-order valence-corrected chi connectivity index (χ2v) is 3.07. The lowest BCUT2D eigenvalue weighted by Gasteiger charge is -2.04. The molecule has 15 heavy (non-hydrogen) atoms. The van der Waals surface area contributed by atoms with Gasteiger partial charge in [0, 0.05) is 12.4 Å². The van der Waals surface area contributed by atoms with E-state index in [9.17, 15) is 4.79 Å². The van der Waals surface area contributed by atoms with Crippen molar-refractivity contribution in [1.29, 1.82) is 0 Å². The van der Waals surface area contributed by atoms with Gasteiger partial charge in [-0.2, -0.15) is 4.99 Å². The number of nitrogens with zero attached hydrogens (tertiary/aromatic N) is 3. The van der Waals surface area contributed by atoms with Gasteiger partial charge in [-0.05, 0) is 11.6 Å². The van der Waals surface area contributed by atoms with Gasteiger partial charge in [-0.3, -0.25) is 0 Å². The van der Waals surface area contributed by atoms with Gasteiger partial charge in [0.15, 0.2) is 0 Å². The molecular weight excluding hydrogens is 190 g/mol. The Labute approximate surface area is 86.9 Å². The highest BCUT2D eigenvalue weighted by molar-refractivity contribution is 5.53. The third kappa shape index (κ3) is 2.18. The van der Waals surface area contributed by atoms with E-state index >= 15 is 0 Å². The number of carbonyl (C=O) groups excluding carboxylic acids is 1. The van der Waals surface area contributed by atoms with E-state index in [1.54, 1.807) is 24.7 Å². The summed E-state index contributed by atoms with van der Waals surface area (Å²) in [6, 6.07) is 7.47. The first-order valence-corrected chi connectivity index (χ1v) is 4.51. The lowest BCUT2D eigenvalue weighted by atomic mass is 10.2. The number of para-hydroxylation sites is 1. The molecule has 4 nitrogen and oxygen atoms in total. The predicted molar refractivity (Wildman–Crippen MR) is 55.6 cm³/mol. The van der Waals surface area contributed by atoms with Crippen LogP contribution in [0.5, 0.6) is 0 Å². The molecule has 0 saturated carbocycles. The van der Waals surface area contributed by atoms with Crippen LogP contribution in [0.4, 0.5) is 5.69 Å². The van der Waals surface area contributed by atoms with E-state index in [1.165, 1.54) is 0 Å². The minimum atomic E-state index is 0.654. The lowest BCUT2D eigenvalue weighted by Crippen LogP contribution is -1.96. The zero-order valence-electron chi connectivity index (χ0n) is 8.00. The molecule has 0 aliphatic rings. The summed E-state index contributed by atoms with van der Waals surface area (Å²) in [6.07, 6.45) is 6.85. The first-order valence-electron chi connectivity index (χ1n) is 4.51. The molecule has 0 fully saturated rings. The van der Waals surface area contributed by atoms with E-state index in [1.807, 2.05) is 29.0 Å². The van der Waals surface area contributed by atoms with Crippen molar-refractivity contribution in [3.8, 4) is 0 Å². The maximum absolute atomic E-state index is 10.2. The molecule has 0 amide bonds. The number of benzene rings is 1. The Morgan fingerprint density at radius 1 is 1.40 bits per heavy atom. The Hall–Kier alpha value is -2.19. The number of isocyanates is 1. The van der Waals surface area contributed by atoms with Crippen LogP contribution in [0, 0.1) is 0 Å². The van der Waals surface area contributed by atoms with Gasteiger partial charge < -0.3 is 4.57 Å². The molecule has 0 radical (unpaired) electrons. The van der Waals surface area contributed by atoms with Gasteiger partial charge >= 0.3 is 0 Å². The number of rotatable bonds is 3. The molecule has 0 saturated heterocycles. The third-order valence-electron chi connectivity index (χ3n) is 2.07. The second-order valence-electron chi connectivity index (χ2n) is 3.07. The van der Waals surface area contributed by atoms with E-state index in [-0.39, 0.29) is 0 Å². The largest absolute Gasteiger partial charge is 0.333 e. The first-order chi connectivity index (χ1) is 7.40. The van der Waals surface area contributed by atoms with Crippen molar-refractivity contribution < 1.29 is 4.79 Å². The smallest absolute Gasteiger partial charge is 0.240 e. The molecule has 0 N–H and O–H groups in total. The Morgan fingerprint density at radius 3 is 3.00 bits per heavy atom. The second kappa shape index (κ2) is 4.35. The maximum atomic E-state index is 10.2. The summed E-state index contributed by atoms with van der Waals surface area (Å²) in [6.45, 7) is 0.654. The Kier molecular flexibility index (Phi) is 2.72. The van der Waals surface area contributed by atoms with Crippen LogP contribution in [0.1, 0.15) is 5.56 Å². The average Bonchev–Trinajstić information content (AvgIpc) is 2.74. The monoisotopic (exact) mass is 199 g/mol. The Morgan fingerprint density at radius 2 is 2.27 bits per heavy atom. The summed E-state index contributed by atoms with van der Waals surface area (Å²) in [5.41, 5.74) is 1.63. The molecule has 0 unspecified atom stereocenters. The SMILES string of the molecule is O=C=Nc1ccccc1Cn1ccnc1. The minimum Gasteiger partial charge on any atom is -0.333 e. The van der Waals surface area contributed by atoms with Crippen molar-refractivity contribution in [2.45, 2.75) is 6.54 Å². The van der Waals surface area contributed by atoms with E-state index in [0.29, 0.717) is 12.2 Å². The van der Waals surface area contributed by atoms with Gasteiger partial charge in [0.25, 0.3) is 0 Å². The first kappa shape index (κ1) is 9.37. The number of hydrogen-bond donors (Lipinski definition) is 0. The molecular formula is C11H9N3O. The van der Waals surface area contributed by atoms with Crippen molar-refractivity contribution in [2.24, 2.45) is 4.99 Å². The van der Waals surface area contributed by atoms with Gasteiger partial charge in [0.1, 0.15) is 0 Å². The molecule has 0 spiro atoms. The van der Waals surface area contributed by atoms with Crippen LogP contribution in [0.25, 0.3) is 0 Å². The molecule has 0 aliphatic carbocycles. The number of imidazole rings is 1. The number of aromatic nitrogens is 2. The summed E-state index contributed by atoms with van der Waals surface area (Å²) < 4.78 is 1.92. The van der Waals surface area contributed by atoms with Crippen molar-refractivity contribution in [1.82, 2.24) is 9.55 Å². The van der Waals surface area contributed by atoms with Crippen LogP contribution in [-0.2, 0) is 11.3 Å². The molecule has 0 aliphatic heterocycles. The Bertz CT molecular complexity index is 484. The predicted octanol–water partition coefficient (Wildman–Crippen LogP) is 1.90. The maximum Gasteiger partial charge on any atom is 0.240 e. The van der Waals surface area contributed by atoms with E-state index in [4.69, 9.17) is 0 Å². The van der Waals surface area contributed by atoms with Gasteiger partial charge in [0.2, 0.25) is 6.08 Å². The third-order valence-corrected chi connectivity index (χ3v) is 2.07. The fraction of sp³-hybridized carbons (Fsp3) is 0.0909. The summed E-state index contributed by atoms with van der Waals surface area (Å²) in [5, 5.41) is 0. The quantitative estimate of drug-likeness (QED) is 0.560. The van der Waals surface area contributed by atoms with Crippen molar-refractivity contribution in [3.05, 3.63) is 48.5 Å². The normalized spacial score (nSPS) is 9.60. The molecule has 4 heteroatoms. The summed E-state index contributed by atoms with van der Waals surface area (Å²) in [7, 11) is 0. The fourth-order valence-electron chi connectivity index (χ4n) is 1.38.